The van der Waals surface area contributed by atoms with Gasteiger partial charge in [-0.25, -0.2) is 0 Å². The molecule has 1 heterocycles. The predicted octanol–water partition coefficient (Wildman–Crippen LogP) is 1.68. The fourth-order valence-corrected chi connectivity index (χ4v) is 3.11. The first-order valence-electron chi connectivity index (χ1n) is 8.77. The van der Waals surface area contributed by atoms with Crippen molar-refractivity contribution in [1.29, 1.82) is 0 Å². The summed E-state index contributed by atoms with van der Waals surface area (Å²) in [5, 5.41) is 7.56. The molecule has 134 valence electrons. The maximum atomic E-state index is 6.01. The lowest BCUT2D eigenvalue weighted by molar-refractivity contribution is 0.280. The van der Waals surface area contributed by atoms with Crippen molar-refractivity contribution >= 4 is 17.6 Å². The molecule has 0 aliphatic carbocycles. The Balaban J connectivity index is 1.63. The molecule has 0 saturated carbocycles. The minimum atomic E-state index is 0.790. The monoisotopic (exact) mass is 351 g/mol. The molecule has 0 unspecified atom stereocenters. The summed E-state index contributed by atoms with van der Waals surface area (Å²) in [6.45, 7) is 7.52. The molecule has 6 heteroatoms. The minimum Gasteiger partial charge on any atom is -0.356 e. The second-order valence-electron chi connectivity index (χ2n) is 6.30. The van der Waals surface area contributed by atoms with Gasteiger partial charge in [-0.3, -0.25) is 4.99 Å². The standard InChI is InChI=1S/C18H30ClN5/c1-20-18(21-8-7-16-5-3-6-17(19)15-16)22-9-12-24-11-4-10-23(2)13-14-24/h3,5-6,15H,4,7-14H2,1-2H3,(H2,20,21,22). The maximum Gasteiger partial charge on any atom is 0.191 e. The molecule has 0 radical (unpaired) electrons. The second kappa shape index (κ2) is 10.5. The molecule has 0 spiro atoms. The number of halogens is 1. The average Bonchev–Trinajstić information content (AvgIpc) is 2.78. The molecule has 2 rings (SSSR count). The molecular formula is C18H30ClN5. The first-order chi connectivity index (χ1) is 11.7. The van der Waals surface area contributed by atoms with E-state index in [0.29, 0.717) is 0 Å². The highest BCUT2D eigenvalue weighted by Crippen LogP contribution is 2.10. The van der Waals surface area contributed by atoms with E-state index in [-0.39, 0.29) is 0 Å². The van der Waals surface area contributed by atoms with Gasteiger partial charge in [0.25, 0.3) is 0 Å². The Morgan fingerprint density at radius 2 is 2.00 bits per heavy atom. The molecule has 1 aliphatic rings. The number of aliphatic imine (C=N–C) groups is 1. The number of guanidine groups is 1. The molecule has 1 aromatic rings. The number of likely N-dealkylation sites (N-methyl/N-ethyl adjacent to an activating group) is 1. The number of rotatable bonds is 6. The van der Waals surface area contributed by atoms with Crippen LogP contribution >= 0.6 is 11.6 Å². The molecule has 24 heavy (non-hydrogen) atoms. The summed E-state index contributed by atoms with van der Waals surface area (Å²) in [5.41, 5.74) is 1.24. The summed E-state index contributed by atoms with van der Waals surface area (Å²) < 4.78 is 0. The zero-order valence-electron chi connectivity index (χ0n) is 14.9. The van der Waals surface area contributed by atoms with Gasteiger partial charge in [0.05, 0.1) is 0 Å². The highest BCUT2D eigenvalue weighted by molar-refractivity contribution is 6.30. The Bertz CT molecular complexity index is 520. The summed E-state index contributed by atoms with van der Waals surface area (Å²) >= 11 is 6.01. The van der Waals surface area contributed by atoms with Crippen LogP contribution in [0.25, 0.3) is 0 Å². The molecule has 0 bridgehead atoms. The number of nitrogens with one attached hydrogen (secondary N) is 2. The van der Waals surface area contributed by atoms with Gasteiger partial charge in [-0.2, -0.15) is 0 Å². The van der Waals surface area contributed by atoms with Gasteiger partial charge in [-0.15, -0.1) is 0 Å². The molecule has 0 amide bonds. The minimum absolute atomic E-state index is 0.790. The van der Waals surface area contributed by atoms with Crippen LogP contribution in [0.15, 0.2) is 29.3 Å². The molecular weight excluding hydrogens is 322 g/mol. The summed E-state index contributed by atoms with van der Waals surface area (Å²) in [6.07, 6.45) is 2.18. The van der Waals surface area contributed by atoms with E-state index in [4.69, 9.17) is 11.6 Å². The zero-order chi connectivity index (χ0) is 17.2. The smallest absolute Gasteiger partial charge is 0.191 e. The first kappa shape index (κ1) is 19.0. The quantitative estimate of drug-likeness (QED) is 0.604. The lowest BCUT2D eigenvalue weighted by Crippen LogP contribution is -2.42. The molecule has 0 aromatic heterocycles. The second-order valence-corrected chi connectivity index (χ2v) is 6.74. The lowest BCUT2D eigenvalue weighted by Gasteiger charge is -2.21. The van der Waals surface area contributed by atoms with Gasteiger partial charge in [0, 0.05) is 44.8 Å². The van der Waals surface area contributed by atoms with Gasteiger partial charge < -0.3 is 20.4 Å². The van der Waals surface area contributed by atoms with Crippen LogP contribution in [-0.4, -0.2) is 75.7 Å². The summed E-state index contributed by atoms with van der Waals surface area (Å²) in [5.74, 6) is 0.865. The van der Waals surface area contributed by atoms with Crippen LogP contribution in [0.3, 0.4) is 0 Å². The van der Waals surface area contributed by atoms with E-state index in [0.717, 1.165) is 50.1 Å². The van der Waals surface area contributed by atoms with Gasteiger partial charge in [0.1, 0.15) is 0 Å². The molecule has 1 aromatic carbocycles. The van der Waals surface area contributed by atoms with Crippen LogP contribution in [0.4, 0.5) is 0 Å². The van der Waals surface area contributed by atoms with Crippen LogP contribution in [-0.2, 0) is 6.42 Å². The molecule has 1 saturated heterocycles. The third kappa shape index (κ3) is 7.07. The topological polar surface area (TPSA) is 42.9 Å². The zero-order valence-corrected chi connectivity index (χ0v) is 15.6. The van der Waals surface area contributed by atoms with Crippen LogP contribution in [0.2, 0.25) is 5.02 Å². The highest BCUT2D eigenvalue weighted by atomic mass is 35.5. The SMILES string of the molecule is CN=C(NCCc1cccc(Cl)c1)NCCN1CCCN(C)CC1. The summed E-state index contributed by atoms with van der Waals surface area (Å²) in [6, 6.07) is 8.00. The normalized spacial score (nSPS) is 17.5. The fourth-order valence-electron chi connectivity index (χ4n) is 2.89. The Morgan fingerprint density at radius 3 is 2.79 bits per heavy atom. The fraction of sp³-hybridized carbons (Fsp3) is 0.611. The third-order valence-electron chi connectivity index (χ3n) is 4.35. The molecule has 1 fully saturated rings. The van der Waals surface area contributed by atoms with Gasteiger partial charge in [-0.05, 0) is 50.7 Å². The van der Waals surface area contributed by atoms with E-state index in [1.807, 2.05) is 25.2 Å². The Labute approximate surface area is 151 Å². The predicted molar refractivity (Wildman–Crippen MR) is 103 cm³/mol. The van der Waals surface area contributed by atoms with Crippen LogP contribution in [0.1, 0.15) is 12.0 Å². The molecule has 0 atom stereocenters. The Hall–Kier alpha value is -1.30. The Kier molecular flexibility index (Phi) is 8.36. The van der Waals surface area contributed by atoms with Crippen molar-refractivity contribution in [3.63, 3.8) is 0 Å². The molecule has 1 aliphatic heterocycles. The average molecular weight is 352 g/mol. The van der Waals surface area contributed by atoms with E-state index in [9.17, 15) is 0 Å². The van der Waals surface area contributed by atoms with E-state index < -0.39 is 0 Å². The van der Waals surface area contributed by atoms with E-state index in [1.165, 1.54) is 25.1 Å². The van der Waals surface area contributed by atoms with Crippen molar-refractivity contribution in [3.05, 3.63) is 34.9 Å². The van der Waals surface area contributed by atoms with E-state index in [1.54, 1.807) is 0 Å². The third-order valence-corrected chi connectivity index (χ3v) is 4.59. The van der Waals surface area contributed by atoms with E-state index in [2.05, 4.69) is 38.5 Å². The van der Waals surface area contributed by atoms with Crippen LogP contribution < -0.4 is 10.6 Å². The van der Waals surface area contributed by atoms with Crippen LogP contribution in [0.5, 0.6) is 0 Å². The van der Waals surface area contributed by atoms with Crippen LogP contribution in [0, 0.1) is 0 Å². The van der Waals surface area contributed by atoms with Gasteiger partial charge >= 0.3 is 0 Å². The van der Waals surface area contributed by atoms with Gasteiger partial charge in [-0.1, -0.05) is 23.7 Å². The van der Waals surface area contributed by atoms with Crippen molar-refractivity contribution in [3.8, 4) is 0 Å². The number of benzene rings is 1. The number of nitrogens with zero attached hydrogens (tertiary/aromatic N) is 3. The maximum absolute atomic E-state index is 6.01. The van der Waals surface area contributed by atoms with Gasteiger partial charge in [0.2, 0.25) is 0 Å². The van der Waals surface area contributed by atoms with Crippen molar-refractivity contribution in [2.24, 2.45) is 4.99 Å². The summed E-state index contributed by atoms with van der Waals surface area (Å²) in [4.78, 5) is 9.22. The van der Waals surface area contributed by atoms with Gasteiger partial charge in [0.15, 0.2) is 5.96 Å². The molecule has 2 N–H and O–H groups in total. The summed E-state index contributed by atoms with van der Waals surface area (Å²) in [7, 11) is 4.02. The van der Waals surface area contributed by atoms with Crippen molar-refractivity contribution in [1.82, 2.24) is 20.4 Å². The Morgan fingerprint density at radius 1 is 1.17 bits per heavy atom. The highest BCUT2D eigenvalue weighted by Gasteiger charge is 2.11. The lowest BCUT2D eigenvalue weighted by atomic mass is 10.1. The van der Waals surface area contributed by atoms with Crippen molar-refractivity contribution < 1.29 is 0 Å². The number of hydrogen-bond acceptors (Lipinski definition) is 3. The van der Waals surface area contributed by atoms with Crippen molar-refractivity contribution in [2.45, 2.75) is 12.8 Å². The number of hydrogen-bond donors (Lipinski definition) is 2. The largest absolute Gasteiger partial charge is 0.356 e. The first-order valence-corrected chi connectivity index (χ1v) is 9.15. The van der Waals surface area contributed by atoms with Crippen molar-refractivity contribution in [2.75, 3.05) is 59.9 Å². The molecule has 5 nitrogen and oxygen atoms in total. The van der Waals surface area contributed by atoms with E-state index >= 15 is 0 Å².